The third kappa shape index (κ3) is 2.29. The van der Waals surface area contributed by atoms with Gasteiger partial charge in [-0.3, -0.25) is 14.7 Å². The quantitative estimate of drug-likeness (QED) is 0.907. The number of H-pyrrole nitrogens is 1. The zero-order valence-electron chi connectivity index (χ0n) is 13.1. The molecule has 0 aliphatic carbocycles. The first-order chi connectivity index (χ1) is 11.1. The van der Waals surface area contributed by atoms with Crippen LogP contribution < -0.4 is 5.32 Å². The van der Waals surface area contributed by atoms with Gasteiger partial charge >= 0.3 is 0 Å². The molecular formula is C17H20N4O2. The number of hydrogen-bond donors (Lipinski definition) is 2. The van der Waals surface area contributed by atoms with Gasteiger partial charge in [0.15, 0.2) is 5.69 Å². The maximum absolute atomic E-state index is 12.7. The van der Waals surface area contributed by atoms with Crippen molar-refractivity contribution < 1.29 is 9.59 Å². The van der Waals surface area contributed by atoms with Crippen LogP contribution in [0, 0.1) is 0 Å². The molecule has 4 rings (SSSR count). The molecule has 1 unspecified atom stereocenters. The molecule has 1 aromatic carbocycles. The lowest BCUT2D eigenvalue weighted by molar-refractivity contribution is -0.134. The Kier molecular flexibility index (Phi) is 3.32. The molecule has 23 heavy (non-hydrogen) atoms. The highest BCUT2D eigenvalue weighted by molar-refractivity contribution is 6.05. The molecule has 1 atom stereocenters. The fourth-order valence-corrected chi connectivity index (χ4v) is 3.96. The van der Waals surface area contributed by atoms with E-state index in [-0.39, 0.29) is 11.8 Å². The predicted molar refractivity (Wildman–Crippen MR) is 85.9 cm³/mol. The van der Waals surface area contributed by atoms with Gasteiger partial charge in [0.05, 0.1) is 5.52 Å². The number of nitrogens with one attached hydrogen (secondary N) is 2. The molecule has 2 fully saturated rings. The number of carbonyl (C=O) groups excluding carboxylic acids is 2. The minimum absolute atomic E-state index is 0.0307. The average Bonchev–Trinajstić information content (AvgIpc) is 3.27. The molecule has 2 saturated heterocycles. The Morgan fingerprint density at radius 3 is 2.57 bits per heavy atom. The molecule has 2 aliphatic rings. The summed E-state index contributed by atoms with van der Waals surface area (Å²) in [6, 6.07) is 7.69. The number of rotatable bonds is 3. The van der Waals surface area contributed by atoms with Crippen molar-refractivity contribution in [2.24, 2.45) is 0 Å². The first-order valence-corrected chi connectivity index (χ1v) is 8.21. The monoisotopic (exact) mass is 312 g/mol. The Morgan fingerprint density at radius 2 is 1.87 bits per heavy atom. The zero-order chi connectivity index (χ0) is 16.0. The van der Waals surface area contributed by atoms with Crippen LogP contribution >= 0.6 is 0 Å². The van der Waals surface area contributed by atoms with Crippen LogP contribution in [-0.2, 0) is 4.79 Å². The van der Waals surface area contributed by atoms with Crippen LogP contribution in [0.3, 0.4) is 0 Å². The molecule has 6 nitrogen and oxygen atoms in total. The summed E-state index contributed by atoms with van der Waals surface area (Å²) in [6.45, 7) is 1.76. The summed E-state index contributed by atoms with van der Waals surface area (Å²) < 4.78 is 0. The third-order valence-corrected chi connectivity index (χ3v) is 5.11. The normalized spacial score (nSPS) is 24.1. The molecule has 2 bridgehead atoms. The summed E-state index contributed by atoms with van der Waals surface area (Å²) in [5.41, 5.74) is 1.15. The largest absolute Gasteiger partial charge is 0.339 e. The van der Waals surface area contributed by atoms with Crippen LogP contribution in [0.15, 0.2) is 24.3 Å². The molecule has 0 spiro atoms. The maximum atomic E-state index is 12.7. The number of para-hydroxylation sites is 1. The Labute approximate surface area is 134 Å². The van der Waals surface area contributed by atoms with E-state index in [2.05, 4.69) is 15.5 Å². The average molecular weight is 312 g/mol. The molecule has 6 heteroatoms. The van der Waals surface area contributed by atoms with Crippen LogP contribution in [0.5, 0.6) is 0 Å². The summed E-state index contributed by atoms with van der Waals surface area (Å²) in [6.07, 6.45) is 4.39. The summed E-state index contributed by atoms with van der Waals surface area (Å²) in [5.74, 6) is -0.280. The molecule has 0 saturated carbocycles. The van der Waals surface area contributed by atoms with E-state index < -0.39 is 6.04 Å². The van der Waals surface area contributed by atoms with Crippen molar-refractivity contribution in [1.29, 1.82) is 0 Å². The van der Waals surface area contributed by atoms with Gasteiger partial charge in [0.25, 0.3) is 5.91 Å². The number of fused-ring (bicyclic) bond motifs is 3. The van der Waals surface area contributed by atoms with Crippen LogP contribution in [-0.4, -0.2) is 45.0 Å². The van der Waals surface area contributed by atoms with Gasteiger partial charge in [-0.25, -0.2) is 0 Å². The van der Waals surface area contributed by atoms with Crippen molar-refractivity contribution in [2.45, 2.75) is 50.7 Å². The van der Waals surface area contributed by atoms with Crippen molar-refractivity contribution in [3.05, 3.63) is 30.0 Å². The lowest BCUT2D eigenvalue weighted by Crippen LogP contribution is -2.48. The standard InChI is InChI=1S/C17H20N4O2/c1-10(17(23)21-11-6-7-12(21)9-8-11)18-16(22)15-13-4-2-3-5-14(13)19-20-15/h2-5,10-12H,6-9H2,1H3,(H,18,22)(H,19,20). The van der Waals surface area contributed by atoms with E-state index >= 15 is 0 Å². The lowest BCUT2D eigenvalue weighted by Gasteiger charge is -2.26. The van der Waals surface area contributed by atoms with Gasteiger partial charge in [-0.15, -0.1) is 0 Å². The van der Waals surface area contributed by atoms with E-state index in [0.717, 1.165) is 36.6 Å². The minimum atomic E-state index is -0.529. The third-order valence-electron chi connectivity index (χ3n) is 5.11. The SMILES string of the molecule is CC(NC(=O)c1n[nH]c2ccccc12)C(=O)N1C2CCC1CC2. The van der Waals surface area contributed by atoms with Gasteiger partial charge in [0.2, 0.25) is 5.91 Å². The van der Waals surface area contributed by atoms with Crippen LogP contribution in [0.1, 0.15) is 43.1 Å². The van der Waals surface area contributed by atoms with Crippen LogP contribution in [0.4, 0.5) is 0 Å². The topological polar surface area (TPSA) is 78.1 Å². The van der Waals surface area contributed by atoms with Gasteiger partial charge in [0, 0.05) is 17.5 Å². The van der Waals surface area contributed by atoms with Gasteiger partial charge < -0.3 is 10.2 Å². The van der Waals surface area contributed by atoms with E-state index in [4.69, 9.17) is 0 Å². The molecule has 1 aromatic heterocycles. The highest BCUT2D eigenvalue weighted by atomic mass is 16.2. The van der Waals surface area contributed by atoms with Crippen molar-refractivity contribution in [2.75, 3.05) is 0 Å². The fraction of sp³-hybridized carbons (Fsp3) is 0.471. The van der Waals surface area contributed by atoms with Gasteiger partial charge in [0.1, 0.15) is 6.04 Å². The van der Waals surface area contributed by atoms with E-state index in [9.17, 15) is 9.59 Å². The Balaban J connectivity index is 1.49. The van der Waals surface area contributed by atoms with Gasteiger partial charge in [-0.05, 0) is 38.7 Å². The number of hydrogen-bond acceptors (Lipinski definition) is 3. The molecular weight excluding hydrogens is 292 g/mol. The predicted octanol–water partition coefficient (Wildman–Crippen LogP) is 1.83. The second kappa shape index (κ2) is 5.37. The number of benzene rings is 1. The highest BCUT2D eigenvalue weighted by Gasteiger charge is 2.43. The van der Waals surface area contributed by atoms with Crippen molar-refractivity contribution in [1.82, 2.24) is 20.4 Å². The molecule has 2 aromatic rings. The summed E-state index contributed by atoms with van der Waals surface area (Å²) in [4.78, 5) is 27.1. The molecule has 3 heterocycles. The Morgan fingerprint density at radius 1 is 1.22 bits per heavy atom. The zero-order valence-corrected chi connectivity index (χ0v) is 13.1. The van der Waals surface area contributed by atoms with E-state index in [1.165, 1.54) is 0 Å². The van der Waals surface area contributed by atoms with Crippen molar-refractivity contribution >= 4 is 22.7 Å². The summed E-state index contributed by atoms with van der Waals surface area (Å²) in [7, 11) is 0. The molecule has 2 N–H and O–H groups in total. The van der Waals surface area contributed by atoms with Crippen LogP contribution in [0.2, 0.25) is 0 Å². The number of carbonyl (C=O) groups is 2. The van der Waals surface area contributed by atoms with Crippen molar-refractivity contribution in [3.63, 3.8) is 0 Å². The number of nitrogens with zero attached hydrogens (tertiary/aromatic N) is 2. The fourth-order valence-electron chi connectivity index (χ4n) is 3.96. The van der Waals surface area contributed by atoms with Crippen molar-refractivity contribution in [3.8, 4) is 0 Å². The summed E-state index contributed by atoms with van der Waals surface area (Å²) in [5, 5.41) is 10.5. The Hall–Kier alpha value is -2.37. The maximum Gasteiger partial charge on any atom is 0.273 e. The minimum Gasteiger partial charge on any atom is -0.339 e. The van der Waals surface area contributed by atoms with Crippen LogP contribution in [0.25, 0.3) is 10.9 Å². The molecule has 120 valence electrons. The second-order valence-corrected chi connectivity index (χ2v) is 6.52. The van der Waals surface area contributed by atoms with E-state index in [1.807, 2.05) is 29.2 Å². The first-order valence-electron chi connectivity index (χ1n) is 8.21. The lowest BCUT2D eigenvalue weighted by atomic mass is 10.0. The van der Waals surface area contributed by atoms with Gasteiger partial charge in [-0.1, -0.05) is 18.2 Å². The van der Waals surface area contributed by atoms with E-state index in [0.29, 0.717) is 17.8 Å². The number of aromatic nitrogens is 2. The summed E-state index contributed by atoms with van der Waals surface area (Å²) >= 11 is 0. The highest BCUT2D eigenvalue weighted by Crippen LogP contribution is 2.37. The molecule has 2 amide bonds. The smallest absolute Gasteiger partial charge is 0.273 e. The second-order valence-electron chi connectivity index (χ2n) is 6.52. The van der Waals surface area contributed by atoms with Gasteiger partial charge in [-0.2, -0.15) is 5.10 Å². The van der Waals surface area contributed by atoms with E-state index in [1.54, 1.807) is 6.92 Å². The first kappa shape index (κ1) is 14.2. The number of amides is 2. The molecule has 2 aliphatic heterocycles. The molecule has 0 radical (unpaired) electrons. The number of aromatic amines is 1. The Bertz CT molecular complexity index is 749.